The lowest BCUT2D eigenvalue weighted by Gasteiger charge is -2.42. The van der Waals surface area contributed by atoms with Gasteiger partial charge in [-0.05, 0) is 88.7 Å². The van der Waals surface area contributed by atoms with Gasteiger partial charge in [-0.25, -0.2) is 4.98 Å². The van der Waals surface area contributed by atoms with Crippen molar-refractivity contribution in [1.82, 2.24) is 14.8 Å². The maximum Gasteiger partial charge on any atom is 0.220 e. The Morgan fingerprint density at radius 3 is 2.16 bits per heavy atom. The van der Waals surface area contributed by atoms with Crippen molar-refractivity contribution in [3.05, 3.63) is 82.3 Å². The largest absolute Gasteiger partial charge is 0.423 e. The zero-order valence-electron chi connectivity index (χ0n) is 26.8. The van der Waals surface area contributed by atoms with Gasteiger partial charge in [-0.1, -0.05) is 54.1 Å². The summed E-state index contributed by atoms with van der Waals surface area (Å²) < 4.78 is 18.8. The Kier molecular flexibility index (Phi) is 10.3. The molecular weight excluding hydrogens is 572 g/mol. The smallest absolute Gasteiger partial charge is 0.220 e. The zero-order chi connectivity index (χ0) is 30.6. The van der Waals surface area contributed by atoms with Crippen LogP contribution in [0.2, 0.25) is 5.02 Å². The fourth-order valence-corrected chi connectivity index (χ4v) is 8.05. The van der Waals surface area contributed by atoms with Gasteiger partial charge >= 0.3 is 0 Å². The maximum absolute atomic E-state index is 6.94. The Hall–Kier alpha value is -2.42. The third-order valence-corrected chi connectivity index (χ3v) is 10.0. The molecule has 3 aliphatic rings. The average molecular weight is 621 g/mol. The lowest BCUT2D eigenvalue weighted by Crippen LogP contribution is -2.45. The summed E-state index contributed by atoms with van der Waals surface area (Å²) in [6.07, 6.45) is 5.72. The number of oxazole rings is 1. The van der Waals surface area contributed by atoms with Crippen molar-refractivity contribution in [2.24, 2.45) is 11.8 Å². The fraction of sp³-hybridized carbons (Fsp3) is 0.583. The summed E-state index contributed by atoms with van der Waals surface area (Å²) in [6, 6.07) is 19.6. The second-order valence-electron chi connectivity index (χ2n) is 13.4. The van der Waals surface area contributed by atoms with Crippen LogP contribution in [-0.4, -0.2) is 80.5 Å². The van der Waals surface area contributed by atoms with Crippen LogP contribution in [0.5, 0.6) is 0 Å². The van der Waals surface area contributed by atoms with E-state index in [-0.39, 0.29) is 18.2 Å². The van der Waals surface area contributed by atoms with Gasteiger partial charge in [-0.3, -0.25) is 4.90 Å². The monoisotopic (exact) mass is 620 g/mol. The van der Waals surface area contributed by atoms with Gasteiger partial charge in [-0.15, -0.1) is 0 Å². The second-order valence-corrected chi connectivity index (χ2v) is 13.8. The summed E-state index contributed by atoms with van der Waals surface area (Å²) in [5.41, 5.74) is 3.64. The number of hydrogen-bond donors (Lipinski definition) is 0. The number of benzene rings is 2. The molecule has 4 unspecified atom stereocenters. The van der Waals surface area contributed by atoms with E-state index >= 15 is 0 Å². The first-order chi connectivity index (χ1) is 21.4. The van der Waals surface area contributed by atoms with Crippen molar-refractivity contribution in [2.45, 2.75) is 70.2 Å². The van der Waals surface area contributed by atoms with E-state index in [0.717, 1.165) is 81.1 Å². The number of halogens is 1. The van der Waals surface area contributed by atoms with Gasteiger partial charge in [0.25, 0.3) is 0 Å². The molecule has 3 heterocycles. The number of hydrogen-bond acceptors (Lipinski definition) is 7. The molecule has 1 aromatic heterocycles. The van der Waals surface area contributed by atoms with Crippen LogP contribution in [0.25, 0.3) is 0 Å². The normalized spacial score (nSPS) is 26.5. The van der Waals surface area contributed by atoms with E-state index in [9.17, 15) is 0 Å². The van der Waals surface area contributed by atoms with Crippen molar-refractivity contribution in [3.63, 3.8) is 0 Å². The molecule has 0 radical (unpaired) electrons. The molecule has 2 saturated heterocycles. The summed E-state index contributed by atoms with van der Waals surface area (Å²) in [7, 11) is 4.41. The van der Waals surface area contributed by atoms with Crippen molar-refractivity contribution < 1.29 is 13.9 Å². The molecule has 4 atom stereocenters. The predicted octanol–water partition coefficient (Wildman–Crippen LogP) is 7.02. The number of nitrogens with zero attached hydrogens (tertiary/aromatic N) is 4. The van der Waals surface area contributed by atoms with Gasteiger partial charge in [0.05, 0.1) is 31.5 Å². The van der Waals surface area contributed by atoms with Crippen LogP contribution in [0, 0.1) is 11.8 Å². The predicted molar refractivity (Wildman–Crippen MR) is 176 cm³/mol. The molecule has 1 aliphatic carbocycles. The summed E-state index contributed by atoms with van der Waals surface area (Å²) in [5, 5.41) is 0.793. The van der Waals surface area contributed by atoms with E-state index < -0.39 is 0 Å². The molecule has 2 aliphatic heterocycles. The van der Waals surface area contributed by atoms with Gasteiger partial charge in [0.1, 0.15) is 5.69 Å². The Bertz CT molecular complexity index is 1310. The fourth-order valence-electron chi connectivity index (χ4n) is 7.92. The number of ether oxygens (including phenoxy) is 2. The minimum absolute atomic E-state index is 0.146. The summed E-state index contributed by atoms with van der Waals surface area (Å²) in [4.78, 5) is 12.7. The van der Waals surface area contributed by atoms with Crippen LogP contribution in [0.4, 0.5) is 5.88 Å². The molecule has 2 aromatic carbocycles. The van der Waals surface area contributed by atoms with Gasteiger partial charge in [0.15, 0.2) is 0 Å². The minimum Gasteiger partial charge on any atom is -0.423 e. The van der Waals surface area contributed by atoms with E-state index in [4.69, 9.17) is 30.5 Å². The number of aromatic nitrogens is 1. The first-order valence-corrected chi connectivity index (χ1v) is 16.9. The SMILES string of the molecule is CC1CN(c2oc(C(C3CCC(C(c4ccc(Cl)cc4)N(C)C)CC3)N3CCOCC3)nc2Cc2ccccc2)CC(C)O1. The average Bonchev–Trinajstić information content (AvgIpc) is 3.42. The highest BCUT2D eigenvalue weighted by Gasteiger charge is 2.40. The van der Waals surface area contributed by atoms with Crippen LogP contribution < -0.4 is 4.90 Å². The third kappa shape index (κ3) is 7.34. The third-order valence-electron chi connectivity index (χ3n) is 9.78. The first kappa shape index (κ1) is 31.6. The highest BCUT2D eigenvalue weighted by Crippen LogP contribution is 2.46. The zero-order valence-corrected chi connectivity index (χ0v) is 27.6. The second kappa shape index (κ2) is 14.3. The molecule has 7 nitrogen and oxygen atoms in total. The van der Waals surface area contributed by atoms with Crippen LogP contribution in [0.15, 0.2) is 59.0 Å². The molecule has 6 rings (SSSR count). The van der Waals surface area contributed by atoms with Gasteiger partial charge in [0, 0.05) is 43.7 Å². The van der Waals surface area contributed by atoms with E-state index in [1.54, 1.807) is 0 Å². The Morgan fingerprint density at radius 2 is 1.52 bits per heavy atom. The lowest BCUT2D eigenvalue weighted by atomic mass is 9.73. The van der Waals surface area contributed by atoms with E-state index in [1.165, 1.54) is 24.0 Å². The van der Waals surface area contributed by atoms with E-state index in [0.29, 0.717) is 17.9 Å². The molecule has 8 heteroatoms. The summed E-state index contributed by atoms with van der Waals surface area (Å²) >= 11 is 6.24. The number of rotatable bonds is 9. The molecule has 0 N–H and O–H groups in total. The van der Waals surface area contributed by atoms with Gasteiger partial charge < -0.3 is 23.7 Å². The molecule has 0 bridgehead atoms. The van der Waals surface area contributed by atoms with Crippen LogP contribution >= 0.6 is 11.6 Å². The van der Waals surface area contributed by atoms with Crippen molar-refractivity contribution in [1.29, 1.82) is 0 Å². The van der Waals surface area contributed by atoms with Crippen LogP contribution in [0.3, 0.4) is 0 Å². The van der Waals surface area contributed by atoms with E-state index in [1.807, 2.05) is 12.1 Å². The summed E-state index contributed by atoms with van der Waals surface area (Å²) in [6.45, 7) is 9.26. The molecule has 1 saturated carbocycles. The maximum atomic E-state index is 6.94. The quantitative estimate of drug-likeness (QED) is 0.255. The topological polar surface area (TPSA) is 54.2 Å². The van der Waals surface area contributed by atoms with Crippen molar-refractivity contribution in [2.75, 3.05) is 58.4 Å². The standard InChI is InChI=1S/C36H49ClN4O3/c1-25-23-41(24-26(2)43-25)36-32(22-27-8-6-5-7-9-27)38-35(44-36)34(40-18-20-42-21-19-40)30-12-10-28(11-13-30)33(39(3)4)29-14-16-31(37)17-15-29/h5-9,14-17,25-26,28,30,33-34H,10-13,18-24H2,1-4H3. The lowest BCUT2D eigenvalue weighted by molar-refractivity contribution is -0.0162. The molecular formula is C36H49ClN4O3. The molecule has 0 spiro atoms. The Labute approximate surface area is 268 Å². The molecule has 238 valence electrons. The first-order valence-electron chi connectivity index (χ1n) is 16.5. The Balaban J connectivity index is 1.28. The number of anilines is 1. The number of morpholine rings is 2. The van der Waals surface area contributed by atoms with Gasteiger partial charge in [0.2, 0.25) is 11.8 Å². The summed E-state index contributed by atoms with van der Waals surface area (Å²) in [5.74, 6) is 2.88. The molecule has 3 aromatic rings. The minimum atomic E-state index is 0.146. The van der Waals surface area contributed by atoms with Gasteiger partial charge in [-0.2, -0.15) is 0 Å². The molecule has 0 amide bonds. The van der Waals surface area contributed by atoms with E-state index in [2.05, 4.69) is 85.1 Å². The highest BCUT2D eigenvalue weighted by atomic mass is 35.5. The van der Waals surface area contributed by atoms with Crippen LogP contribution in [0.1, 0.15) is 74.3 Å². The van der Waals surface area contributed by atoms with Crippen molar-refractivity contribution in [3.8, 4) is 0 Å². The Morgan fingerprint density at radius 1 is 0.886 bits per heavy atom. The molecule has 44 heavy (non-hydrogen) atoms. The van der Waals surface area contributed by atoms with Crippen molar-refractivity contribution >= 4 is 17.5 Å². The van der Waals surface area contributed by atoms with Crippen LogP contribution in [-0.2, 0) is 15.9 Å². The highest BCUT2D eigenvalue weighted by molar-refractivity contribution is 6.30. The molecule has 3 fully saturated rings.